The van der Waals surface area contributed by atoms with Gasteiger partial charge in [0.2, 0.25) is 0 Å². The average molecular weight is 241 g/mol. The van der Waals surface area contributed by atoms with E-state index in [1.54, 1.807) is 30.3 Å². The van der Waals surface area contributed by atoms with Crippen molar-refractivity contribution in [2.75, 3.05) is 0 Å². The zero-order chi connectivity index (χ0) is 8.10. The van der Waals surface area contributed by atoms with Crippen LogP contribution in [0.25, 0.3) is 0 Å². The maximum absolute atomic E-state index is 10.8. The van der Waals surface area contributed by atoms with E-state index in [0.29, 0.717) is 5.56 Å². The van der Waals surface area contributed by atoms with Crippen LogP contribution in [0.1, 0.15) is 10.4 Å². The number of esters is 1. The van der Waals surface area contributed by atoms with Crippen LogP contribution in [-0.2, 0) is 35.7 Å². The third-order valence-corrected chi connectivity index (χ3v) is 1.16. The zero-order valence-corrected chi connectivity index (χ0v) is 8.65. The van der Waals surface area contributed by atoms with Crippen LogP contribution in [0.4, 0.5) is 0 Å². The largest absolute Gasteiger partial charge is 0.392 e. The first-order chi connectivity index (χ1) is 5.34. The van der Waals surface area contributed by atoms with Crippen LogP contribution in [0.5, 0.6) is 0 Å². The Hall–Kier alpha value is -0.757. The van der Waals surface area contributed by atoms with Crippen molar-refractivity contribution in [1.29, 1.82) is 0 Å². The van der Waals surface area contributed by atoms with Crippen molar-refractivity contribution in [3.63, 3.8) is 0 Å². The molecule has 0 N–H and O–H groups in total. The van der Waals surface area contributed by atoms with Crippen molar-refractivity contribution in [3.8, 4) is 0 Å². The first-order valence-electron chi connectivity index (χ1n) is 3.04. The van der Waals surface area contributed by atoms with Crippen LogP contribution in [-0.4, -0.2) is 12.4 Å². The number of hydrogen-bond donors (Lipinski definition) is 0. The van der Waals surface area contributed by atoms with Gasteiger partial charge in [0.15, 0.2) is 0 Å². The van der Waals surface area contributed by atoms with E-state index < -0.39 is 5.97 Å². The summed E-state index contributed by atoms with van der Waals surface area (Å²) in [4.78, 5) is 20.5. The van der Waals surface area contributed by atoms with Crippen molar-refractivity contribution in [2.45, 2.75) is 0 Å². The number of carbonyl (C=O) groups excluding carboxylic acids is 2. The van der Waals surface area contributed by atoms with Crippen molar-refractivity contribution >= 4 is 12.4 Å². The molecule has 60 valence electrons. The van der Waals surface area contributed by atoms with Crippen molar-refractivity contribution in [3.05, 3.63) is 35.9 Å². The van der Waals surface area contributed by atoms with E-state index in [-0.39, 0.29) is 32.7 Å². The number of benzene rings is 1. The topological polar surface area (TPSA) is 43.4 Å². The fourth-order valence-electron chi connectivity index (χ4n) is 0.686. The van der Waals surface area contributed by atoms with Crippen LogP contribution in [0, 0.1) is 0 Å². The summed E-state index contributed by atoms with van der Waals surface area (Å²) < 4.78 is 4.11. The van der Waals surface area contributed by atoms with E-state index in [2.05, 4.69) is 4.74 Å². The molecule has 0 aromatic heterocycles. The van der Waals surface area contributed by atoms with Gasteiger partial charge in [-0.1, -0.05) is 18.2 Å². The summed E-state index contributed by atoms with van der Waals surface area (Å²) in [5.74, 6) is -0.624. The summed E-state index contributed by atoms with van der Waals surface area (Å²) in [5, 5.41) is 0. The molecular weight excluding hydrogens is 235 g/mol. The Morgan fingerprint density at radius 1 is 1.25 bits per heavy atom. The molecule has 4 heteroatoms. The number of hydrogen-bond acceptors (Lipinski definition) is 3. The minimum absolute atomic E-state index is 0. The van der Waals surface area contributed by atoms with Crippen molar-refractivity contribution in [2.24, 2.45) is 0 Å². The molecule has 0 atom stereocenters. The Balaban J connectivity index is 0.00000121. The average Bonchev–Trinajstić information content (AvgIpc) is 2.07. The molecule has 12 heavy (non-hydrogen) atoms. The first-order valence-corrected chi connectivity index (χ1v) is 3.04. The monoisotopic (exact) mass is 240 g/mol. The molecule has 0 aliphatic carbocycles. The van der Waals surface area contributed by atoms with Crippen LogP contribution < -0.4 is 0 Å². The SMILES string of the molecule is O=COC(=O)c1ccccc1.[Zr]. The van der Waals surface area contributed by atoms with E-state index in [9.17, 15) is 9.59 Å². The molecule has 0 heterocycles. The molecule has 0 saturated heterocycles. The van der Waals surface area contributed by atoms with E-state index >= 15 is 0 Å². The molecule has 0 amide bonds. The van der Waals surface area contributed by atoms with Gasteiger partial charge in [0.25, 0.3) is 0 Å². The third-order valence-electron chi connectivity index (χ3n) is 1.16. The molecule has 0 aliphatic rings. The predicted molar refractivity (Wildman–Crippen MR) is 37.9 cm³/mol. The molecule has 0 bridgehead atoms. The molecule has 0 fully saturated rings. The molecule has 1 aromatic rings. The van der Waals surface area contributed by atoms with E-state index in [1.807, 2.05) is 0 Å². The Morgan fingerprint density at radius 2 is 1.83 bits per heavy atom. The Bertz CT molecular complexity index is 258. The van der Waals surface area contributed by atoms with Gasteiger partial charge in [-0.2, -0.15) is 0 Å². The first kappa shape index (κ1) is 11.2. The molecule has 3 nitrogen and oxygen atoms in total. The summed E-state index contributed by atoms with van der Waals surface area (Å²) in [6.45, 7) is 0.120. The molecule has 1 rings (SSSR count). The van der Waals surface area contributed by atoms with Gasteiger partial charge in [-0.05, 0) is 12.1 Å². The maximum Gasteiger partial charge on any atom is 0.345 e. The zero-order valence-electron chi connectivity index (χ0n) is 6.19. The molecule has 0 saturated carbocycles. The third kappa shape index (κ3) is 3.10. The predicted octanol–water partition coefficient (Wildman–Crippen LogP) is 0.997. The summed E-state index contributed by atoms with van der Waals surface area (Å²) >= 11 is 0. The van der Waals surface area contributed by atoms with Crippen molar-refractivity contribution in [1.82, 2.24) is 0 Å². The second-order valence-corrected chi connectivity index (χ2v) is 1.87. The van der Waals surface area contributed by atoms with Crippen LogP contribution >= 0.6 is 0 Å². The second-order valence-electron chi connectivity index (χ2n) is 1.87. The molecular formula is C8H6O3Zr. The molecule has 0 radical (unpaired) electrons. The van der Waals surface area contributed by atoms with E-state index in [1.165, 1.54) is 0 Å². The quantitative estimate of drug-likeness (QED) is 0.441. The van der Waals surface area contributed by atoms with Gasteiger partial charge >= 0.3 is 12.4 Å². The number of ether oxygens (including phenoxy) is 1. The molecule has 0 aliphatic heterocycles. The minimum atomic E-state index is -0.624. The van der Waals surface area contributed by atoms with E-state index in [4.69, 9.17) is 0 Å². The Kier molecular flexibility index (Phi) is 5.47. The standard InChI is InChI=1S/C8H6O3.Zr/c9-6-11-8(10)7-4-2-1-3-5-7;/h1-6H;. The van der Waals surface area contributed by atoms with Crippen LogP contribution in [0.3, 0.4) is 0 Å². The molecule has 1 aromatic carbocycles. The molecule has 0 unspecified atom stereocenters. The summed E-state index contributed by atoms with van der Waals surface area (Å²) in [7, 11) is 0. The van der Waals surface area contributed by atoms with E-state index in [0.717, 1.165) is 0 Å². The maximum atomic E-state index is 10.8. The van der Waals surface area contributed by atoms with Crippen molar-refractivity contribution < 1.29 is 40.5 Å². The minimum Gasteiger partial charge on any atom is -0.392 e. The van der Waals surface area contributed by atoms with Gasteiger partial charge in [0.05, 0.1) is 5.56 Å². The van der Waals surface area contributed by atoms with Gasteiger partial charge in [-0.25, -0.2) is 4.79 Å². The Labute approximate surface area is 88.8 Å². The summed E-state index contributed by atoms with van der Waals surface area (Å²) in [5.41, 5.74) is 0.375. The summed E-state index contributed by atoms with van der Waals surface area (Å²) in [6.07, 6.45) is 0. The number of carbonyl (C=O) groups is 2. The second kappa shape index (κ2) is 5.84. The smallest absolute Gasteiger partial charge is 0.345 e. The van der Waals surface area contributed by atoms with Crippen LogP contribution in [0.15, 0.2) is 30.3 Å². The van der Waals surface area contributed by atoms with Gasteiger partial charge in [-0.15, -0.1) is 0 Å². The summed E-state index contributed by atoms with van der Waals surface area (Å²) in [6, 6.07) is 8.32. The van der Waals surface area contributed by atoms with Crippen LogP contribution in [0.2, 0.25) is 0 Å². The fraction of sp³-hybridized carbons (Fsp3) is 0. The molecule has 0 spiro atoms. The van der Waals surface area contributed by atoms with Gasteiger partial charge in [-0.3, -0.25) is 4.79 Å². The number of rotatable bonds is 2. The van der Waals surface area contributed by atoms with Gasteiger partial charge in [0, 0.05) is 26.2 Å². The normalized spacial score (nSPS) is 8.00. The Morgan fingerprint density at radius 3 is 2.33 bits per heavy atom. The van der Waals surface area contributed by atoms with Gasteiger partial charge < -0.3 is 4.74 Å². The fourth-order valence-corrected chi connectivity index (χ4v) is 0.686. The van der Waals surface area contributed by atoms with Gasteiger partial charge in [0.1, 0.15) is 0 Å².